The monoisotopic (exact) mass is 247 g/mol. The van der Waals surface area contributed by atoms with Crippen molar-refractivity contribution in [3.8, 4) is 18.1 Å². The summed E-state index contributed by atoms with van der Waals surface area (Å²) in [5, 5.41) is 4.67. The van der Waals surface area contributed by atoms with Gasteiger partial charge in [-0.05, 0) is 12.1 Å². The number of ether oxygens (including phenoxy) is 1. The van der Waals surface area contributed by atoms with Crippen LogP contribution in [-0.2, 0) is 10.0 Å². The summed E-state index contributed by atoms with van der Waals surface area (Å²) in [6, 6.07) is 1.75. The molecule has 1 rings (SSSR count). The fourth-order valence-corrected chi connectivity index (χ4v) is 1.56. The molecule has 0 spiro atoms. The van der Waals surface area contributed by atoms with Crippen molar-refractivity contribution in [3.63, 3.8) is 0 Å². The summed E-state index contributed by atoms with van der Waals surface area (Å²) >= 11 is 0. The smallest absolute Gasteiger partial charge is 0.241 e. The lowest BCUT2D eigenvalue weighted by atomic mass is 10.3. The number of rotatable bonds is 3. The van der Waals surface area contributed by atoms with Gasteiger partial charge in [0.05, 0.1) is 0 Å². The van der Waals surface area contributed by atoms with Gasteiger partial charge in [-0.2, -0.15) is 4.39 Å². The minimum atomic E-state index is -4.30. The predicted molar refractivity (Wildman–Crippen MR) is 52.1 cm³/mol. The molecule has 0 aliphatic rings. The quantitative estimate of drug-likeness (QED) is 0.796. The van der Waals surface area contributed by atoms with Crippen LogP contribution < -0.4 is 9.88 Å². The van der Waals surface area contributed by atoms with E-state index in [1.165, 1.54) is 0 Å². The Hall–Kier alpha value is -1.65. The molecule has 0 aliphatic carbocycles. The highest BCUT2D eigenvalue weighted by molar-refractivity contribution is 7.89. The molecule has 1 aromatic rings. The number of benzene rings is 1. The Morgan fingerprint density at radius 3 is 2.50 bits per heavy atom. The second kappa shape index (κ2) is 4.47. The molecule has 0 aromatic heterocycles. The molecule has 7 heteroatoms. The molecule has 0 aliphatic heterocycles. The lowest BCUT2D eigenvalue weighted by Crippen LogP contribution is -2.15. The van der Waals surface area contributed by atoms with Gasteiger partial charge in [0, 0.05) is 0 Å². The van der Waals surface area contributed by atoms with Crippen molar-refractivity contribution >= 4 is 10.0 Å². The number of hydrogen-bond acceptors (Lipinski definition) is 3. The molecule has 0 heterocycles. The van der Waals surface area contributed by atoms with Crippen LogP contribution in [0.2, 0.25) is 0 Å². The lowest BCUT2D eigenvalue weighted by molar-refractivity contribution is 0.335. The van der Waals surface area contributed by atoms with Crippen LogP contribution in [-0.4, -0.2) is 15.0 Å². The van der Waals surface area contributed by atoms with Crippen molar-refractivity contribution in [2.24, 2.45) is 5.14 Å². The highest BCUT2D eigenvalue weighted by Gasteiger charge is 2.21. The van der Waals surface area contributed by atoms with Crippen LogP contribution in [0.1, 0.15) is 0 Å². The molecule has 0 atom stereocenters. The standard InChI is InChI=1S/C9H7F2NO3S/c1-2-5-15-6-3-4-7(16(12,13)14)9(11)8(6)10/h1,3-4H,5H2,(H2,12,13,14). The number of sulfonamides is 1. The Balaban J connectivity index is 3.25. The van der Waals surface area contributed by atoms with E-state index < -0.39 is 32.3 Å². The maximum atomic E-state index is 13.2. The zero-order valence-corrected chi connectivity index (χ0v) is 8.72. The molecule has 0 saturated carbocycles. The number of primary sulfonamides is 1. The van der Waals surface area contributed by atoms with Gasteiger partial charge in [-0.3, -0.25) is 0 Å². The maximum absolute atomic E-state index is 13.2. The second-order valence-electron chi connectivity index (χ2n) is 2.73. The van der Waals surface area contributed by atoms with Crippen molar-refractivity contribution in [1.29, 1.82) is 0 Å². The minimum absolute atomic E-state index is 0.259. The number of terminal acetylenes is 1. The van der Waals surface area contributed by atoms with Gasteiger partial charge in [0.1, 0.15) is 11.5 Å². The third kappa shape index (κ3) is 2.48. The highest BCUT2D eigenvalue weighted by Crippen LogP contribution is 2.24. The van der Waals surface area contributed by atoms with E-state index in [1.54, 1.807) is 0 Å². The van der Waals surface area contributed by atoms with Crippen LogP contribution in [0.4, 0.5) is 8.78 Å². The van der Waals surface area contributed by atoms with Crippen molar-refractivity contribution in [1.82, 2.24) is 0 Å². The molecular formula is C9H7F2NO3S. The first-order valence-corrected chi connectivity index (χ1v) is 5.49. The first-order chi connectivity index (χ1) is 7.38. The van der Waals surface area contributed by atoms with Crippen molar-refractivity contribution < 1.29 is 21.9 Å². The van der Waals surface area contributed by atoms with Gasteiger partial charge >= 0.3 is 0 Å². The molecule has 4 nitrogen and oxygen atoms in total. The average Bonchev–Trinajstić information content (AvgIpc) is 2.18. The van der Waals surface area contributed by atoms with E-state index in [0.717, 1.165) is 12.1 Å². The largest absolute Gasteiger partial charge is 0.478 e. The summed E-state index contributed by atoms with van der Waals surface area (Å²) in [6.07, 6.45) is 4.86. The molecule has 0 radical (unpaired) electrons. The van der Waals surface area contributed by atoms with Gasteiger partial charge < -0.3 is 4.74 Å². The zero-order valence-electron chi connectivity index (χ0n) is 7.91. The fourth-order valence-electron chi connectivity index (χ4n) is 0.965. The molecule has 1 aromatic carbocycles. The van der Waals surface area contributed by atoms with E-state index in [2.05, 4.69) is 15.8 Å². The normalized spacial score (nSPS) is 10.9. The molecule has 0 saturated heterocycles. The van der Waals surface area contributed by atoms with Gasteiger partial charge in [0.25, 0.3) is 0 Å². The summed E-state index contributed by atoms with van der Waals surface area (Å²) in [4.78, 5) is -0.932. The zero-order chi connectivity index (χ0) is 12.3. The Morgan fingerprint density at radius 2 is 2.00 bits per heavy atom. The minimum Gasteiger partial charge on any atom is -0.478 e. The highest BCUT2D eigenvalue weighted by atomic mass is 32.2. The van der Waals surface area contributed by atoms with Crippen molar-refractivity contribution in [2.75, 3.05) is 6.61 Å². The topological polar surface area (TPSA) is 69.4 Å². The van der Waals surface area contributed by atoms with Gasteiger partial charge in [0.15, 0.2) is 11.6 Å². The summed E-state index contributed by atoms with van der Waals surface area (Å²) in [7, 11) is -4.30. The fraction of sp³-hybridized carbons (Fsp3) is 0.111. The third-order valence-corrected chi connectivity index (χ3v) is 2.56. The Bertz CT molecular complexity index is 549. The first kappa shape index (κ1) is 12.4. The summed E-state index contributed by atoms with van der Waals surface area (Å²) in [5.74, 6) is -1.45. The lowest BCUT2D eigenvalue weighted by Gasteiger charge is -2.06. The van der Waals surface area contributed by atoms with E-state index >= 15 is 0 Å². The van der Waals surface area contributed by atoms with Gasteiger partial charge in [0.2, 0.25) is 15.8 Å². The van der Waals surface area contributed by atoms with Crippen LogP contribution in [0.3, 0.4) is 0 Å². The van der Waals surface area contributed by atoms with E-state index in [1.807, 2.05) is 0 Å². The van der Waals surface area contributed by atoms with Crippen LogP contribution in [0.25, 0.3) is 0 Å². The van der Waals surface area contributed by atoms with E-state index in [9.17, 15) is 17.2 Å². The molecule has 86 valence electrons. The Kier molecular flexibility index (Phi) is 3.47. The van der Waals surface area contributed by atoms with Crippen LogP contribution in [0.15, 0.2) is 17.0 Å². The van der Waals surface area contributed by atoms with Crippen LogP contribution in [0.5, 0.6) is 5.75 Å². The predicted octanol–water partition coefficient (Wildman–Crippen LogP) is 0.624. The summed E-state index contributed by atoms with van der Waals surface area (Å²) in [6.45, 7) is -0.259. The number of halogens is 2. The van der Waals surface area contributed by atoms with E-state index in [0.29, 0.717) is 0 Å². The molecule has 0 fully saturated rings. The number of hydrogen-bond donors (Lipinski definition) is 1. The first-order valence-electron chi connectivity index (χ1n) is 3.95. The van der Waals surface area contributed by atoms with Crippen LogP contribution >= 0.6 is 0 Å². The molecule has 0 bridgehead atoms. The summed E-state index contributed by atoms with van der Waals surface area (Å²) < 4.78 is 52.8. The molecule has 0 unspecified atom stereocenters. The maximum Gasteiger partial charge on any atom is 0.241 e. The molecule has 16 heavy (non-hydrogen) atoms. The van der Waals surface area contributed by atoms with Crippen molar-refractivity contribution in [2.45, 2.75) is 4.90 Å². The van der Waals surface area contributed by atoms with E-state index in [4.69, 9.17) is 6.42 Å². The van der Waals surface area contributed by atoms with Gasteiger partial charge in [-0.1, -0.05) is 5.92 Å². The SMILES string of the molecule is C#CCOc1ccc(S(N)(=O)=O)c(F)c1F. The number of nitrogens with two attached hydrogens (primary N) is 1. The van der Waals surface area contributed by atoms with Crippen LogP contribution in [0, 0.1) is 24.0 Å². The summed E-state index contributed by atoms with van der Waals surface area (Å²) in [5.41, 5.74) is 0. The van der Waals surface area contributed by atoms with Crippen molar-refractivity contribution in [3.05, 3.63) is 23.8 Å². The Labute approximate surface area is 91.1 Å². The third-order valence-electron chi connectivity index (χ3n) is 1.63. The molecule has 2 N–H and O–H groups in total. The molecule has 0 amide bonds. The van der Waals surface area contributed by atoms with E-state index in [-0.39, 0.29) is 6.61 Å². The molecular weight excluding hydrogens is 240 g/mol. The van der Waals surface area contributed by atoms with Gasteiger partial charge in [-0.15, -0.1) is 6.42 Å². The average molecular weight is 247 g/mol. The van der Waals surface area contributed by atoms with Gasteiger partial charge in [-0.25, -0.2) is 17.9 Å². The second-order valence-corrected chi connectivity index (χ2v) is 4.26. The Morgan fingerprint density at radius 1 is 1.38 bits per heavy atom.